The van der Waals surface area contributed by atoms with E-state index in [0.717, 1.165) is 5.06 Å². The molecule has 8 nitrogen and oxygen atoms in total. The van der Waals surface area contributed by atoms with Gasteiger partial charge < -0.3 is 10.2 Å². The van der Waals surface area contributed by atoms with E-state index in [1.807, 2.05) is 0 Å². The molecule has 1 aromatic carbocycles. The van der Waals surface area contributed by atoms with E-state index >= 15 is 0 Å². The van der Waals surface area contributed by atoms with Gasteiger partial charge in [-0.05, 0) is 18.2 Å². The van der Waals surface area contributed by atoms with Gasteiger partial charge in [0.05, 0.1) is 13.3 Å². The van der Waals surface area contributed by atoms with Crippen molar-refractivity contribution in [1.82, 2.24) is 20.1 Å². The van der Waals surface area contributed by atoms with Crippen molar-refractivity contribution in [2.24, 2.45) is 0 Å². The van der Waals surface area contributed by atoms with Crippen molar-refractivity contribution in [1.29, 1.82) is 0 Å². The van der Waals surface area contributed by atoms with Crippen molar-refractivity contribution >= 4 is 5.91 Å². The molecule has 2 N–H and O–H groups in total. The Labute approximate surface area is 126 Å². The highest BCUT2D eigenvalue weighted by molar-refractivity contribution is 5.94. The lowest BCUT2D eigenvalue weighted by atomic mass is 10.1. The fourth-order valence-corrected chi connectivity index (χ4v) is 1.71. The molecule has 2 rings (SSSR count). The second-order valence-electron chi connectivity index (χ2n) is 4.35. The molecule has 8 heteroatoms. The van der Waals surface area contributed by atoms with Crippen LogP contribution in [0.2, 0.25) is 0 Å². The highest BCUT2D eigenvalue weighted by Gasteiger charge is 2.16. The van der Waals surface area contributed by atoms with Gasteiger partial charge in [0.2, 0.25) is 0 Å². The smallest absolute Gasteiger partial charge is 0.277 e. The fourth-order valence-electron chi connectivity index (χ4n) is 1.71. The number of aromatic hydroxyl groups is 1. The van der Waals surface area contributed by atoms with E-state index in [1.54, 1.807) is 0 Å². The van der Waals surface area contributed by atoms with Crippen LogP contribution in [0.5, 0.6) is 5.75 Å². The van der Waals surface area contributed by atoms with Crippen LogP contribution in [0.15, 0.2) is 24.4 Å². The quantitative estimate of drug-likeness (QED) is 0.621. The van der Waals surface area contributed by atoms with Crippen LogP contribution < -0.4 is 0 Å². The molecule has 1 unspecified atom stereocenters. The van der Waals surface area contributed by atoms with Crippen LogP contribution in [0, 0.1) is 12.3 Å². The lowest BCUT2D eigenvalue weighted by Gasteiger charge is -2.14. The zero-order valence-corrected chi connectivity index (χ0v) is 12.0. The van der Waals surface area contributed by atoms with Crippen molar-refractivity contribution < 1.29 is 19.8 Å². The molecular weight excluding hydrogens is 288 g/mol. The third-order valence-electron chi connectivity index (χ3n) is 2.98. The predicted molar refractivity (Wildman–Crippen MR) is 75.9 cm³/mol. The Morgan fingerprint density at radius 2 is 2.27 bits per heavy atom. The number of hydroxylamine groups is 2. The summed E-state index contributed by atoms with van der Waals surface area (Å²) in [6, 6.07) is 4.23. The van der Waals surface area contributed by atoms with Crippen LogP contribution in [-0.4, -0.2) is 50.3 Å². The summed E-state index contributed by atoms with van der Waals surface area (Å²) in [5.74, 6) is 1.61. The van der Waals surface area contributed by atoms with Gasteiger partial charge in [-0.3, -0.25) is 9.63 Å². The minimum absolute atomic E-state index is 0.108. The molecular formula is C14H14N4O4. The van der Waals surface area contributed by atoms with E-state index in [4.69, 9.17) is 11.3 Å². The molecule has 22 heavy (non-hydrogen) atoms. The first-order valence-corrected chi connectivity index (χ1v) is 6.20. The number of aliphatic hydroxyl groups is 1. The third-order valence-corrected chi connectivity index (χ3v) is 2.98. The van der Waals surface area contributed by atoms with Crippen LogP contribution in [0.25, 0.3) is 5.69 Å². The molecule has 1 atom stereocenters. The minimum atomic E-state index is -1.19. The summed E-state index contributed by atoms with van der Waals surface area (Å²) in [5, 5.41) is 28.0. The molecule has 0 bridgehead atoms. The first kappa shape index (κ1) is 15.5. The number of terminal acetylenes is 1. The molecule has 1 aromatic heterocycles. The lowest BCUT2D eigenvalue weighted by molar-refractivity contribution is -0.0757. The van der Waals surface area contributed by atoms with Crippen LogP contribution in [0.3, 0.4) is 0 Å². The molecule has 114 valence electrons. The number of carbonyl (C=O) groups excluding carboxylic acids is 1. The second-order valence-corrected chi connectivity index (χ2v) is 4.35. The summed E-state index contributed by atoms with van der Waals surface area (Å²) < 4.78 is 1.22. The monoisotopic (exact) mass is 302 g/mol. The Balaban J connectivity index is 2.41. The Bertz CT molecular complexity index is 735. The van der Waals surface area contributed by atoms with Gasteiger partial charge in [-0.1, -0.05) is 11.1 Å². The summed E-state index contributed by atoms with van der Waals surface area (Å²) in [7, 11) is 2.83. The number of benzene rings is 1. The van der Waals surface area contributed by atoms with E-state index in [0.29, 0.717) is 0 Å². The van der Waals surface area contributed by atoms with Crippen molar-refractivity contribution in [3.05, 3.63) is 35.7 Å². The number of rotatable bonds is 4. The van der Waals surface area contributed by atoms with Crippen molar-refractivity contribution in [3.63, 3.8) is 0 Å². The SMILES string of the molecule is C#CC(O)c1cn(-c2cc(C(=O)N(C)OC)ccc2O)nn1. The molecule has 1 amide bonds. The molecule has 0 aliphatic rings. The summed E-state index contributed by atoms with van der Waals surface area (Å²) in [6.45, 7) is 0. The lowest BCUT2D eigenvalue weighted by Crippen LogP contribution is -2.25. The number of hydrogen-bond acceptors (Lipinski definition) is 6. The minimum Gasteiger partial charge on any atom is -0.506 e. The number of carbonyl (C=O) groups is 1. The van der Waals surface area contributed by atoms with Gasteiger partial charge in [0.25, 0.3) is 5.91 Å². The molecule has 0 fully saturated rings. The van der Waals surface area contributed by atoms with Crippen LogP contribution in [-0.2, 0) is 4.84 Å². The standard InChI is InChI=1S/C14H14N4O4/c1-4-12(19)10-8-18(16-15-10)11-7-9(5-6-13(11)20)14(21)17(2)22-3/h1,5-8,12,19-20H,2-3H3. The van der Waals surface area contributed by atoms with E-state index in [1.165, 1.54) is 43.2 Å². The number of aliphatic hydroxyl groups excluding tert-OH is 1. The Kier molecular flexibility index (Phi) is 4.41. The Morgan fingerprint density at radius 3 is 2.91 bits per heavy atom. The summed E-state index contributed by atoms with van der Waals surface area (Å²) in [5.41, 5.74) is 0.665. The van der Waals surface area contributed by atoms with Crippen molar-refractivity contribution in [2.45, 2.75) is 6.10 Å². The molecule has 0 aliphatic heterocycles. The first-order valence-electron chi connectivity index (χ1n) is 6.20. The van der Waals surface area contributed by atoms with E-state index in [9.17, 15) is 15.0 Å². The molecule has 1 heterocycles. The van der Waals surface area contributed by atoms with Gasteiger partial charge in [-0.2, -0.15) is 0 Å². The number of nitrogens with zero attached hydrogens (tertiary/aromatic N) is 4. The van der Waals surface area contributed by atoms with Crippen molar-refractivity contribution in [2.75, 3.05) is 14.2 Å². The molecule has 0 saturated heterocycles. The highest BCUT2D eigenvalue weighted by atomic mass is 16.7. The molecule has 0 spiro atoms. The van der Waals surface area contributed by atoms with E-state index in [-0.39, 0.29) is 22.7 Å². The van der Waals surface area contributed by atoms with Gasteiger partial charge >= 0.3 is 0 Å². The van der Waals surface area contributed by atoms with Gasteiger partial charge in [0, 0.05) is 12.6 Å². The van der Waals surface area contributed by atoms with Crippen LogP contribution >= 0.6 is 0 Å². The number of amides is 1. The van der Waals surface area contributed by atoms with Crippen LogP contribution in [0.4, 0.5) is 0 Å². The number of aromatic nitrogens is 3. The molecule has 2 aromatic rings. The first-order chi connectivity index (χ1) is 10.5. The number of phenols is 1. The van der Waals surface area contributed by atoms with E-state index in [2.05, 4.69) is 16.2 Å². The van der Waals surface area contributed by atoms with Gasteiger partial charge in [-0.25, -0.2) is 9.75 Å². The average Bonchev–Trinajstić information content (AvgIpc) is 3.02. The second kappa shape index (κ2) is 6.26. The van der Waals surface area contributed by atoms with E-state index < -0.39 is 12.0 Å². The largest absolute Gasteiger partial charge is 0.506 e. The molecule has 0 radical (unpaired) electrons. The average molecular weight is 302 g/mol. The Hall–Kier alpha value is -2.89. The third kappa shape index (κ3) is 2.90. The zero-order valence-electron chi connectivity index (χ0n) is 12.0. The molecule has 0 saturated carbocycles. The molecule has 0 aliphatic carbocycles. The maximum absolute atomic E-state index is 12.0. The predicted octanol–water partition coefficient (Wildman–Crippen LogP) is 0.273. The maximum atomic E-state index is 12.0. The maximum Gasteiger partial charge on any atom is 0.277 e. The topological polar surface area (TPSA) is 101 Å². The number of phenolic OH excluding ortho intramolecular Hbond substituents is 1. The summed E-state index contributed by atoms with van der Waals surface area (Å²) in [6.07, 6.45) is 5.28. The zero-order chi connectivity index (χ0) is 16.3. The van der Waals surface area contributed by atoms with Crippen LogP contribution in [0.1, 0.15) is 22.2 Å². The fraction of sp³-hybridized carbons (Fsp3) is 0.214. The summed E-state index contributed by atoms with van der Waals surface area (Å²) >= 11 is 0. The van der Waals surface area contributed by atoms with Gasteiger partial charge in [0.1, 0.15) is 17.1 Å². The van der Waals surface area contributed by atoms with Gasteiger partial charge in [0.15, 0.2) is 6.10 Å². The summed E-state index contributed by atoms with van der Waals surface area (Å²) in [4.78, 5) is 16.9. The highest BCUT2D eigenvalue weighted by Crippen LogP contribution is 2.23. The Morgan fingerprint density at radius 1 is 1.55 bits per heavy atom. The number of hydrogen-bond donors (Lipinski definition) is 2. The normalized spacial score (nSPS) is 11.7. The van der Waals surface area contributed by atoms with Crippen molar-refractivity contribution in [3.8, 4) is 23.8 Å². The van der Waals surface area contributed by atoms with Gasteiger partial charge in [-0.15, -0.1) is 11.5 Å².